The molecule has 2 N–H and O–H groups in total. The maximum atomic E-state index is 13.9. The smallest absolute Gasteiger partial charge is 0.134 e. The second-order valence-electron chi connectivity index (χ2n) is 5.93. The molecule has 94 valence electrons. The molecule has 0 aliphatic heterocycles. The molecule has 0 unspecified atom stereocenters. The molecule has 1 aliphatic carbocycles. The number of benzene rings is 1. The van der Waals surface area contributed by atoms with Gasteiger partial charge in [0.25, 0.3) is 0 Å². The minimum atomic E-state index is -0.274. The van der Waals surface area contributed by atoms with E-state index in [0.29, 0.717) is 16.6 Å². The van der Waals surface area contributed by atoms with Crippen LogP contribution in [-0.4, -0.2) is 4.98 Å². The number of halogens is 1. The maximum Gasteiger partial charge on any atom is 0.134 e. The molecule has 1 aromatic heterocycles. The van der Waals surface area contributed by atoms with Gasteiger partial charge >= 0.3 is 0 Å². The maximum absolute atomic E-state index is 13.9. The highest BCUT2D eigenvalue weighted by Crippen LogP contribution is 2.39. The molecule has 0 radical (unpaired) electrons. The number of pyridine rings is 1. The van der Waals surface area contributed by atoms with Gasteiger partial charge in [0.1, 0.15) is 5.82 Å². The van der Waals surface area contributed by atoms with Crippen molar-refractivity contribution in [3.8, 4) is 0 Å². The third-order valence-electron chi connectivity index (χ3n) is 3.88. The standard InChI is InChI=1S/C15H17FN2/c1-15(2)7-6-11-9(8-15)14(17)13-10(16)4-3-5-12(13)18-11/h3-5H,6-8H2,1-2H3,(H2,17,18). The van der Waals surface area contributed by atoms with Crippen LogP contribution < -0.4 is 5.73 Å². The quantitative estimate of drug-likeness (QED) is 0.770. The Hall–Kier alpha value is -1.64. The van der Waals surface area contributed by atoms with Crippen LogP contribution in [0, 0.1) is 11.2 Å². The van der Waals surface area contributed by atoms with Crippen molar-refractivity contribution in [2.45, 2.75) is 33.1 Å². The van der Waals surface area contributed by atoms with Crippen molar-refractivity contribution in [1.29, 1.82) is 0 Å². The summed E-state index contributed by atoms with van der Waals surface area (Å²) in [6.07, 6.45) is 2.91. The lowest BCUT2D eigenvalue weighted by molar-refractivity contribution is 0.313. The fourth-order valence-electron chi connectivity index (χ4n) is 2.82. The Morgan fingerprint density at radius 1 is 1.33 bits per heavy atom. The Balaban J connectivity index is 2.31. The molecular weight excluding hydrogens is 227 g/mol. The van der Waals surface area contributed by atoms with Gasteiger partial charge in [-0.1, -0.05) is 19.9 Å². The lowest BCUT2D eigenvalue weighted by Crippen LogP contribution is -2.24. The molecule has 1 aliphatic rings. The molecule has 0 atom stereocenters. The van der Waals surface area contributed by atoms with Gasteiger partial charge in [-0.15, -0.1) is 0 Å². The molecule has 2 nitrogen and oxygen atoms in total. The van der Waals surface area contributed by atoms with Gasteiger partial charge in [0.05, 0.1) is 10.9 Å². The van der Waals surface area contributed by atoms with Gasteiger partial charge in [0.15, 0.2) is 0 Å². The summed E-state index contributed by atoms with van der Waals surface area (Å²) in [5.74, 6) is -0.274. The van der Waals surface area contributed by atoms with Gasteiger partial charge in [0.2, 0.25) is 0 Å². The van der Waals surface area contributed by atoms with Crippen molar-refractivity contribution < 1.29 is 4.39 Å². The van der Waals surface area contributed by atoms with E-state index in [4.69, 9.17) is 5.73 Å². The average Bonchev–Trinajstić information content (AvgIpc) is 2.30. The predicted octanol–water partition coefficient (Wildman–Crippen LogP) is 3.47. The summed E-state index contributed by atoms with van der Waals surface area (Å²) in [5, 5.41) is 0.481. The van der Waals surface area contributed by atoms with E-state index in [2.05, 4.69) is 18.8 Å². The van der Waals surface area contributed by atoms with Gasteiger partial charge in [-0.2, -0.15) is 0 Å². The Bertz CT molecular complexity index is 632. The fourth-order valence-corrected chi connectivity index (χ4v) is 2.82. The lowest BCUT2D eigenvalue weighted by atomic mass is 9.75. The average molecular weight is 244 g/mol. The molecule has 2 aromatic rings. The van der Waals surface area contributed by atoms with E-state index >= 15 is 0 Å². The summed E-state index contributed by atoms with van der Waals surface area (Å²) in [5.41, 5.74) is 9.75. The van der Waals surface area contributed by atoms with Crippen LogP contribution in [-0.2, 0) is 12.8 Å². The van der Waals surface area contributed by atoms with E-state index < -0.39 is 0 Å². The number of fused-ring (bicyclic) bond motifs is 2. The number of hydrogen-bond acceptors (Lipinski definition) is 2. The highest BCUT2D eigenvalue weighted by atomic mass is 19.1. The molecule has 3 rings (SSSR count). The van der Waals surface area contributed by atoms with E-state index in [1.807, 2.05) is 6.07 Å². The summed E-state index contributed by atoms with van der Waals surface area (Å²) < 4.78 is 13.9. The van der Waals surface area contributed by atoms with Crippen LogP contribution in [0.1, 0.15) is 31.5 Å². The molecule has 0 saturated carbocycles. The zero-order valence-corrected chi connectivity index (χ0v) is 10.8. The minimum absolute atomic E-state index is 0.224. The van der Waals surface area contributed by atoms with E-state index in [1.165, 1.54) is 6.07 Å². The van der Waals surface area contributed by atoms with Crippen LogP contribution in [0.15, 0.2) is 18.2 Å². The van der Waals surface area contributed by atoms with E-state index in [0.717, 1.165) is 30.5 Å². The SMILES string of the molecule is CC1(C)CCc2nc3cccc(F)c3c(N)c2C1. The summed E-state index contributed by atoms with van der Waals surface area (Å²) >= 11 is 0. The number of aromatic nitrogens is 1. The fraction of sp³-hybridized carbons (Fsp3) is 0.400. The third kappa shape index (κ3) is 1.65. The number of nitrogen functional groups attached to an aromatic ring is 1. The topological polar surface area (TPSA) is 38.9 Å². The van der Waals surface area contributed by atoms with E-state index in [-0.39, 0.29) is 11.2 Å². The molecule has 18 heavy (non-hydrogen) atoms. The molecule has 3 heteroatoms. The van der Waals surface area contributed by atoms with Gasteiger partial charge < -0.3 is 5.73 Å². The van der Waals surface area contributed by atoms with Crippen molar-refractivity contribution in [3.63, 3.8) is 0 Å². The molecule has 0 fully saturated rings. The van der Waals surface area contributed by atoms with Crippen molar-refractivity contribution in [2.24, 2.45) is 5.41 Å². The third-order valence-corrected chi connectivity index (χ3v) is 3.88. The van der Waals surface area contributed by atoms with Crippen LogP contribution in [0.25, 0.3) is 10.9 Å². The van der Waals surface area contributed by atoms with Crippen molar-refractivity contribution in [3.05, 3.63) is 35.3 Å². The Kier molecular flexibility index (Phi) is 2.34. The highest BCUT2D eigenvalue weighted by molar-refractivity contribution is 5.92. The Labute approximate surface area is 106 Å². The number of anilines is 1. The normalized spacial score (nSPS) is 17.7. The first-order valence-electron chi connectivity index (χ1n) is 6.33. The Morgan fingerprint density at radius 3 is 2.89 bits per heavy atom. The number of nitrogens with zero attached hydrogens (tertiary/aromatic N) is 1. The molecular formula is C15H17FN2. The Morgan fingerprint density at radius 2 is 2.11 bits per heavy atom. The molecule has 0 bridgehead atoms. The molecule has 0 spiro atoms. The number of aryl methyl sites for hydroxylation is 1. The van der Waals surface area contributed by atoms with Crippen LogP contribution in [0.2, 0.25) is 0 Å². The summed E-state index contributed by atoms with van der Waals surface area (Å²) in [6, 6.07) is 4.96. The largest absolute Gasteiger partial charge is 0.398 e. The summed E-state index contributed by atoms with van der Waals surface area (Å²) in [4.78, 5) is 4.58. The number of rotatable bonds is 0. The second-order valence-corrected chi connectivity index (χ2v) is 5.93. The second kappa shape index (κ2) is 3.67. The van der Waals surface area contributed by atoms with E-state index in [1.54, 1.807) is 6.07 Å². The lowest BCUT2D eigenvalue weighted by Gasteiger charge is -2.31. The summed E-state index contributed by atoms with van der Waals surface area (Å²) in [7, 11) is 0. The zero-order valence-electron chi connectivity index (χ0n) is 10.8. The van der Waals surface area contributed by atoms with Crippen molar-refractivity contribution >= 4 is 16.6 Å². The van der Waals surface area contributed by atoms with Gasteiger partial charge in [-0.25, -0.2) is 4.39 Å². The first-order valence-corrected chi connectivity index (χ1v) is 6.33. The number of hydrogen-bond donors (Lipinski definition) is 1. The molecule has 1 heterocycles. The van der Waals surface area contributed by atoms with Crippen LogP contribution in [0.3, 0.4) is 0 Å². The predicted molar refractivity (Wildman–Crippen MR) is 71.9 cm³/mol. The molecule has 0 saturated heterocycles. The highest BCUT2D eigenvalue weighted by Gasteiger charge is 2.28. The molecule has 0 amide bonds. The van der Waals surface area contributed by atoms with Gasteiger partial charge in [-0.3, -0.25) is 4.98 Å². The van der Waals surface area contributed by atoms with Gasteiger partial charge in [0, 0.05) is 11.4 Å². The monoisotopic (exact) mass is 244 g/mol. The van der Waals surface area contributed by atoms with Crippen molar-refractivity contribution in [1.82, 2.24) is 4.98 Å². The number of nitrogens with two attached hydrogens (primary N) is 1. The summed E-state index contributed by atoms with van der Waals surface area (Å²) in [6.45, 7) is 4.45. The van der Waals surface area contributed by atoms with Crippen LogP contribution >= 0.6 is 0 Å². The minimum Gasteiger partial charge on any atom is -0.398 e. The van der Waals surface area contributed by atoms with Crippen LogP contribution in [0.5, 0.6) is 0 Å². The first kappa shape index (κ1) is 11.5. The molecule has 1 aromatic carbocycles. The van der Waals surface area contributed by atoms with Crippen molar-refractivity contribution in [2.75, 3.05) is 5.73 Å². The van der Waals surface area contributed by atoms with Gasteiger partial charge in [-0.05, 0) is 42.4 Å². The van der Waals surface area contributed by atoms with Crippen LogP contribution in [0.4, 0.5) is 10.1 Å². The zero-order chi connectivity index (χ0) is 12.9. The van der Waals surface area contributed by atoms with E-state index in [9.17, 15) is 4.39 Å². The first-order chi connectivity index (χ1) is 8.48.